The van der Waals surface area contributed by atoms with Gasteiger partial charge >= 0.3 is 0 Å². The summed E-state index contributed by atoms with van der Waals surface area (Å²) in [5.74, 6) is 0. The molecule has 0 aromatic heterocycles. The van der Waals surface area contributed by atoms with Crippen molar-refractivity contribution < 1.29 is 0 Å². The zero-order valence-corrected chi connectivity index (χ0v) is 14.3. The lowest BCUT2D eigenvalue weighted by Gasteiger charge is -2.06. The molecule has 1 heteroatoms. The molecule has 1 N–H and O–H groups in total. The van der Waals surface area contributed by atoms with Gasteiger partial charge in [-0.15, -0.1) is 0 Å². The number of hydrogen-bond acceptors (Lipinski definition) is 1. The van der Waals surface area contributed by atoms with Gasteiger partial charge in [-0.3, -0.25) is 0 Å². The Morgan fingerprint density at radius 3 is 2.14 bits per heavy atom. The molecular weight excluding hydrogens is 266 g/mol. The van der Waals surface area contributed by atoms with Gasteiger partial charge in [0.15, 0.2) is 0 Å². The Labute approximate surface area is 136 Å². The van der Waals surface area contributed by atoms with Gasteiger partial charge < -0.3 is 5.32 Å². The normalized spacial score (nSPS) is 11.0. The van der Waals surface area contributed by atoms with E-state index in [2.05, 4.69) is 48.6 Å². The maximum atomic E-state index is 3.22. The minimum Gasteiger partial charge on any atom is -0.388 e. The summed E-state index contributed by atoms with van der Waals surface area (Å²) in [7, 11) is 1.98. The zero-order chi connectivity index (χ0) is 15.6. The second kappa shape index (κ2) is 9.50. The van der Waals surface area contributed by atoms with Crippen LogP contribution in [0.4, 0.5) is 5.69 Å². The zero-order valence-electron chi connectivity index (χ0n) is 14.3. The molecule has 0 aliphatic rings. The molecule has 0 heterocycles. The van der Waals surface area contributed by atoms with Crippen LogP contribution in [0.5, 0.6) is 0 Å². The lowest BCUT2D eigenvalue weighted by atomic mass is 10.0. The van der Waals surface area contributed by atoms with E-state index in [1.54, 1.807) is 0 Å². The van der Waals surface area contributed by atoms with E-state index in [0.29, 0.717) is 0 Å². The topological polar surface area (TPSA) is 12.0 Å². The summed E-state index contributed by atoms with van der Waals surface area (Å²) < 4.78 is 0. The number of benzene rings is 2. The van der Waals surface area contributed by atoms with E-state index in [9.17, 15) is 0 Å². The predicted molar refractivity (Wildman–Crippen MR) is 99.8 cm³/mol. The van der Waals surface area contributed by atoms with Crippen molar-refractivity contribution in [2.24, 2.45) is 0 Å². The summed E-state index contributed by atoms with van der Waals surface area (Å²) in [6, 6.07) is 13.5. The summed E-state index contributed by atoms with van der Waals surface area (Å²) in [5, 5.41) is 5.90. The second-order valence-corrected chi connectivity index (χ2v) is 6.37. The Kier molecular flexibility index (Phi) is 7.28. The van der Waals surface area contributed by atoms with Crippen molar-refractivity contribution in [3.8, 4) is 0 Å². The largest absolute Gasteiger partial charge is 0.388 e. The molecule has 2 aromatic carbocycles. The van der Waals surface area contributed by atoms with Gasteiger partial charge in [-0.2, -0.15) is 0 Å². The first-order valence-corrected chi connectivity index (χ1v) is 9.04. The monoisotopic (exact) mass is 297 g/mol. The number of hydrogen-bond donors (Lipinski definition) is 1. The van der Waals surface area contributed by atoms with E-state index in [-0.39, 0.29) is 0 Å². The minimum absolute atomic E-state index is 1.19. The van der Waals surface area contributed by atoms with Crippen molar-refractivity contribution in [1.82, 2.24) is 0 Å². The molecule has 0 aliphatic heterocycles. The highest BCUT2D eigenvalue weighted by molar-refractivity contribution is 5.86. The molecule has 0 amide bonds. The molecule has 1 nitrogen and oxygen atoms in total. The smallest absolute Gasteiger partial charge is 0.0343 e. The van der Waals surface area contributed by atoms with Crippen molar-refractivity contribution in [2.75, 3.05) is 12.4 Å². The lowest BCUT2D eigenvalue weighted by Crippen LogP contribution is -1.89. The molecule has 22 heavy (non-hydrogen) atoms. The average Bonchev–Trinajstić information content (AvgIpc) is 2.56. The Morgan fingerprint density at radius 1 is 0.727 bits per heavy atom. The molecule has 0 bridgehead atoms. The van der Waals surface area contributed by atoms with E-state index in [1.807, 2.05) is 7.05 Å². The number of aryl methyl sites for hydroxylation is 1. The van der Waals surface area contributed by atoms with Crippen LogP contribution in [-0.2, 0) is 6.42 Å². The minimum atomic E-state index is 1.19. The fraction of sp³-hybridized carbons (Fsp3) is 0.524. The van der Waals surface area contributed by atoms with Gasteiger partial charge in [0, 0.05) is 12.7 Å². The molecular formula is C21H31N. The van der Waals surface area contributed by atoms with Crippen molar-refractivity contribution in [3.05, 3.63) is 42.0 Å². The SMILES string of the molecule is CCCCCCCCCCc1ccc2ccc(NC)cc2c1. The van der Waals surface area contributed by atoms with E-state index in [4.69, 9.17) is 0 Å². The van der Waals surface area contributed by atoms with Gasteiger partial charge in [0.25, 0.3) is 0 Å². The summed E-state index contributed by atoms with van der Waals surface area (Å²) >= 11 is 0. The van der Waals surface area contributed by atoms with Crippen LogP contribution in [-0.4, -0.2) is 7.05 Å². The van der Waals surface area contributed by atoms with Crippen molar-refractivity contribution in [2.45, 2.75) is 64.7 Å². The molecule has 0 aliphatic carbocycles. The third-order valence-electron chi connectivity index (χ3n) is 4.51. The van der Waals surface area contributed by atoms with Gasteiger partial charge in [-0.25, -0.2) is 0 Å². The van der Waals surface area contributed by atoms with Crippen LogP contribution in [0.15, 0.2) is 36.4 Å². The fourth-order valence-corrected chi connectivity index (χ4v) is 3.07. The molecule has 0 saturated carbocycles. The maximum Gasteiger partial charge on any atom is 0.0343 e. The Balaban J connectivity index is 1.74. The molecule has 2 aromatic rings. The Hall–Kier alpha value is -1.50. The van der Waals surface area contributed by atoms with Crippen LogP contribution in [0.2, 0.25) is 0 Å². The standard InChI is InChI=1S/C21H31N/c1-3-4-5-6-7-8-9-10-11-18-12-13-19-14-15-21(22-2)17-20(19)16-18/h12-17,22H,3-11H2,1-2H3. The molecule has 0 saturated heterocycles. The quantitative estimate of drug-likeness (QED) is 0.489. The van der Waals surface area contributed by atoms with Gasteiger partial charge in [0.1, 0.15) is 0 Å². The number of rotatable bonds is 10. The lowest BCUT2D eigenvalue weighted by molar-refractivity contribution is 0.575. The van der Waals surface area contributed by atoms with E-state index in [0.717, 1.165) is 0 Å². The third-order valence-corrected chi connectivity index (χ3v) is 4.51. The van der Waals surface area contributed by atoms with Gasteiger partial charge in [-0.05, 0) is 41.3 Å². The highest BCUT2D eigenvalue weighted by atomic mass is 14.8. The van der Waals surface area contributed by atoms with E-state index >= 15 is 0 Å². The summed E-state index contributed by atoms with van der Waals surface area (Å²) in [5.41, 5.74) is 2.67. The van der Waals surface area contributed by atoms with Crippen LogP contribution >= 0.6 is 0 Å². The Bertz CT molecular complexity index is 559. The first-order chi connectivity index (χ1) is 10.8. The highest BCUT2D eigenvalue weighted by Crippen LogP contribution is 2.21. The summed E-state index contributed by atoms with van der Waals surface area (Å²) in [6.07, 6.45) is 12.3. The summed E-state index contributed by atoms with van der Waals surface area (Å²) in [4.78, 5) is 0. The molecule has 0 fully saturated rings. The van der Waals surface area contributed by atoms with Crippen LogP contribution < -0.4 is 5.32 Å². The molecule has 0 radical (unpaired) electrons. The molecule has 0 spiro atoms. The molecule has 0 unspecified atom stereocenters. The number of nitrogens with one attached hydrogen (secondary N) is 1. The van der Waals surface area contributed by atoms with Crippen molar-refractivity contribution in [3.63, 3.8) is 0 Å². The fourth-order valence-electron chi connectivity index (χ4n) is 3.07. The number of unbranched alkanes of at least 4 members (excludes halogenated alkanes) is 7. The van der Waals surface area contributed by atoms with E-state index < -0.39 is 0 Å². The average molecular weight is 297 g/mol. The van der Waals surface area contributed by atoms with Crippen LogP contribution in [0.3, 0.4) is 0 Å². The summed E-state index contributed by atoms with van der Waals surface area (Å²) in [6.45, 7) is 2.28. The van der Waals surface area contributed by atoms with Gasteiger partial charge in [0.2, 0.25) is 0 Å². The first-order valence-electron chi connectivity index (χ1n) is 9.04. The van der Waals surface area contributed by atoms with E-state index in [1.165, 1.54) is 79.8 Å². The van der Waals surface area contributed by atoms with Crippen molar-refractivity contribution in [1.29, 1.82) is 0 Å². The molecule has 0 atom stereocenters. The molecule has 2 rings (SSSR count). The van der Waals surface area contributed by atoms with Gasteiger partial charge in [-0.1, -0.05) is 76.1 Å². The maximum absolute atomic E-state index is 3.22. The third kappa shape index (κ3) is 5.36. The van der Waals surface area contributed by atoms with Crippen LogP contribution in [0, 0.1) is 0 Å². The second-order valence-electron chi connectivity index (χ2n) is 6.37. The highest BCUT2D eigenvalue weighted by Gasteiger charge is 1.99. The first kappa shape index (κ1) is 16.9. The molecule has 120 valence electrons. The van der Waals surface area contributed by atoms with Crippen LogP contribution in [0.25, 0.3) is 10.8 Å². The number of anilines is 1. The van der Waals surface area contributed by atoms with Gasteiger partial charge in [0.05, 0.1) is 0 Å². The van der Waals surface area contributed by atoms with Crippen LogP contribution in [0.1, 0.15) is 63.9 Å². The number of fused-ring (bicyclic) bond motifs is 1. The Morgan fingerprint density at radius 2 is 1.41 bits per heavy atom. The van der Waals surface area contributed by atoms with Crippen molar-refractivity contribution >= 4 is 16.5 Å². The predicted octanol–water partition coefficient (Wildman–Crippen LogP) is 6.56.